The number of nitrogens with zero attached hydrogens (tertiary/aromatic N) is 4. The predicted molar refractivity (Wildman–Crippen MR) is 93.9 cm³/mol. The Kier molecular flexibility index (Phi) is 5.35. The Labute approximate surface area is 142 Å². The van der Waals surface area contributed by atoms with Crippen molar-refractivity contribution in [2.45, 2.75) is 6.04 Å². The van der Waals surface area contributed by atoms with Crippen LogP contribution in [0, 0.1) is 13.7 Å². The van der Waals surface area contributed by atoms with E-state index in [0.29, 0.717) is 12.2 Å². The van der Waals surface area contributed by atoms with Crippen molar-refractivity contribution in [2.75, 3.05) is 26.0 Å². The predicted octanol–water partition coefficient (Wildman–Crippen LogP) is 2.65. The first-order valence-electron chi connectivity index (χ1n) is 6.71. The maximum Gasteiger partial charge on any atom is 0.293 e. The summed E-state index contributed by atoms with van der Waals surface area (Å²) in [5, 5.41) is 18.5. The molecule has 1 aromatic heterocycles. The van der Waals surface area contributed by atoms with E-state index in [0.717, 1.165) is 9.13 Å². The molecular weight excluding hydrogens is 397 g/mol. The number of anilines is 1. The number of nitro benzene ring substituents is 1. The van der Waals surface area contributed by atoms with Gasteiger partial charge in [-0.15, -0.1) is 0 Å². The fourth-order valence-electron chi connectivity index (χ4n) is 2.22. The number of rotatable bonds is 6. The van der Waals surface area contributed by atoms with Gasteiger partial charge in [-0.3, -0.25) is 14.8 Å². The largest absolute Gasteiger partial charge is 0.378 e. The molecule has 0 bridgehead atoms. The van der Waals surface area contributed by atoms with Crippen LogP contribution in [-0.4, -0.2) is 40.2 Å². The Balaban J connectivity index is 2.18. The molecule has 1 N–H and O–H groups in total. The van der Waals surface area contributed by atoms with E-state index in [4.69, 9.17) is 0 Å². The second-order valence-corrected chi connectivity index (χ2v) is 6.47. The monoisotopic (exact) mass is 415 g/mol. The first kappa shape index (κ1) is 16.7. The van der Waals surface area contributed by atoms with Crippen LogP contribution in [-0.2, 0) is 7.05 Å². The van der Waals surface area contributed by atoms with Gasteiger partial charge in [-0.2, -0.15) is 5.10 Å². The van der Waals surface area contributed by atoms with Gasteiger partial charge in [-0.1, -0.05) is 0 Å². The molecule has 1 unspecified atom stereocenters. The summed E-state index contributed by atoms with van der Waals surface area (Å²) in [4.78, 5) is 12.9. The van der Waals surface area contributed by atoms with Gasteiger partial charge in [-0.25, -0.2) is 0 Å². The highest BCUT2D eigenvalue weighted by molar-refractivity contribution is 14.1. The number of likely N-dealkylation sites (N-methyl/N-ethyl adjacent to an activating group) is 1. The van der Waals surface area contributed by atoms with Crippen molar-refractivity contribution in [3.05, 3.63) is 49.8 Å². The quantitative estimate of drug-likeness (QED) is 0.446. The first-order chi connectivity index (χ1) is 10.4. The minimum absolute atomic E-state index is 0.0765. The molecular formula is C14H18IN5O2. The Morgan fingerprint density at radius 3 is 2.77 bits per heavy atom. The minimum Gasteiger partial charge on any atom is -0.378 e. The van der Waals surface area contributed by atoms with Crippen LogP contribution in [0.1, 0.15) is 11.6 Å². The Morgan fingerprint density at radius 2 is 2.23 bits per heavy atom. The normalized spacial score (nSPS) is 12.4. The van der Waals surface area contributed by atoms with Crippen molar-refractivity contribution >= 4 is 34.0 Å². The molecule has 1 aromatic carbocycles. The lowest BCUT2D eigenvalue weighted by Gasteiger charge is -2.24. The van der Waals surface area contributed by atoms with Crippen LogP contribution in [0.5, 0.6) is 0 Å². The second-order valence-electron chi connectivity index (χ2n) is 5.23. The lowest BCUT2D eigenvalue weighted by Crippen LogP contribution is -2.26. The Morgan fingerprint density at radius 1 is 1.50 bits per heavy atom. The van der Waals surface area contributed by atoms with E-state index < -0.39 is 0 Å². The average Bonchev–Trinajstić information content (AvgIpc) is 2.86. The summed E-state index contributed by atoms with van der Waals surface area (Å²) >= 11 is 2.07. The van der Waals surface area contributed by atoms with Gasteiger partial charge in [0.2, 0.25) is 0 Å². The van der Waals surface area contributed by atoms with Crippen molar-refractivity contribution in [3.8, 4) is 0 Å². The van der Waals surface area contributed by atoms with Crippen molar-refractivity contribution in [3.63, 3.8) is 0 Å². The number of nitro groups is 1. The van der Waals surface area contributed by atoms with Gasteiger partial charge >= 0.3 is 0 Å². The Hall–Kier alpha value is -1.68. The van der Waals surface area contributed by atoms with Crippen LogP contribution < -0.4 is 5.32 Å². The van der Waals surface area contributed by atoms with Crippen molar-refractivity contribution in [1.82, 2.24) is 14.7 Å². The van der Waals surface area contributed by atoms with E-state index in [-0.39, 0.29) is 16.7 Å². The third-order valence-electron chi connectivity index (χ3n) is 3.38. The maximum atomic E-state index is 11.2. The zero-order chi connectivity index (χ0) is 16.3. The van der Waals surface area contributed by atoms with Crippen molar-refractivity contribution < 1.29 is 4.92 Å². The lowest BCUT2D eigenvalue weighted by molar-refractivity contribution is -0.384. The maximum absolute atomic E-state index is 11.2. The molecule has 0 radical (unpaired) electrons. The van der Waals surface area contributed by atoms with Gasteiger partial charge in [0.1, 0.15) is 5.69 Å². The molecule has 8 heteroatoms. The lowest BCUT2D eigenvalue weighted by atomic mass is 10.1. The number of aromatic nitrogens is 2. The van der Waals surface area contributed by atoms with Gasteiger partial charge < -0.3 is 10.2 Å². The molecule has 2 aromatic rings. The molecule has 0 fully saturated rings. The van der Waals surface area contributed by atoms with Gasteiger partial charge in [0, 0.05) is 35.0 Å². The van der Waals surface area contributed by atoms with Gasteiger partial charge in [0.25, 0.3) is 5.69 Å². The topological polar surface area (TPSA) is 76.2 Å². The number of nitrogens with one attached hydrogen (secondary N) is 1. The molecule has 2 rings (SSSR count). The molecule has 0 spiro atoms. The standard InChI is InChI=1S/C14H18IN5O2/c1-18(2)14(10-7-17-19(3)9-10)8-16-12-5-4-11(15)6-13(12)20(21)22/h4-7,9,14,16H,8H2,1-3H3. The zero-order valence-corrected chi connectivity index (χ0v) is 14.8. The fourth-order valence-corrected chi connectivity index (χ4v) is 2.70. The van der Waals surface area contributed by atoms with E-state index in [1.807, 2.05) is 39.6 Å². The van der Waals surface area contributed by atoms with Crippen LogP contribution >= 0.6 is 22.6 Å². The van der Waals surface area contributed by atoms with Crippen LogP contribution in [0.4, 0.5) is 11.4 Å². The molecule has 118 valence electrons. The molecule has 0 saturated carbocycles. The van der Waals surface area contributed by atoms with Crippen LogP contribution in [0.15, 0.2) is 30.6 Å². The molecule has 1 heterocycles. The molecule has 0 aliphatic carbocycles. The summed E-state index contributed by atoms with van der Waals surface area (Å²) in [6.45, 7) is 0.556. The molecule has 1 atom stereocenters. The highest BCUT2D eigenvalue weighted by atomic mass is 127. The average molecular weight is 415 g/mol. The van der Waals surface area contributed by atoms with Crippen LogP contribution in [0.2, 0.25) is 0 Å². The number of halogens is 1. The first-order valence-corrected chi connectivity index (χ1v) is 7.79. The van der Waals surface area contributed by atoms with E-state index in [9.17, 15) is 10.1 Å². The van der Waals surface area contributed by atoms with E-state index in [1.165, 1.54) is 0 Å². The summed E-state index contributed by atoms with van der Waals surface area (Å²) in [6.07, 6.45) is 3.77. The van der Waals surface area contributed by atoms with Gasteiger partial charge in [0.05, 0.1) is 17.2 Å². The molecule has 0 amide bonds. The zero-order valence-electron chi connectivity index (χ0n) is 12.7. The Bertz CT molecular complexity index is 671. The molecule has 7 nitrogen and oxygen atoms in total. The van der Waals surface area contributed by atoms with Crippen LogP contribution in [0.25, 0.3) is 0 Å². The summed E-state index contributed by atoms with van der Waals surface area (Å²) < 4.78 is 2.59. The molecule has 0 aliphatic heterocycles. The van der Waals surface area contributed by atoms with Crippen LogP contribution in [0.3, 0.4) is 0 Å². The number of benzene rings is 1. The minimum atomic E-state index is -0.362. The number of hydrogen-bond donors (Lipinski definition) is 1. The number of hydrogen-bond acceptors (Lipinski definition) is 5. The third-order valence-corrected chi connectivity index (χ3v) is 4.05. The van der Waals surface area contributed by atoms with Gasteiger partial charge in [-0.05, 0) is 48.8 Å². The smallest absolute Gasteiger partial charge is 0.293 e. The second kappa shape index (κ2) is 7.05. The fraction of sp³-hybridized carbons (Fsp3) is 0.357. The molecule has 0 saturated heterocycles. The molecule has 22 heavy (non-hydrogen) atoms. The SMILES string of the molecule is CN(C)C(CNc1ccc(I)cc1[N+](=O)[O-])c1cnn(C)c1. The van der Waals surface area contributed by atoms with E-state index in [1.54, 1.807) is 16.8 Å². The summed E-state index contributed by atoms with van der Waals surface area (Å²) in [5.74, 6) is 0. The summed E-state index contributed by atoms with van der Waals surface area (Å²) in [7, 11) is 5.82. The highest BCUT2D eigenvalue weighted by Gasteiger charge is 2.19. The van der Waals surface area contributed by atoms with E-state index in [2.05, 4.69) is 37.9 Å². The summed E-state index contributed by atoms with van der Waals surface area (Å²) in [5.41, 5.74) is 1.69. The van der Waals surface area contributed by atoms with Gasteiger partial charge in [0.15, 0.2) is 0 Å². The molecule has 0 aliphatic rings. The van der Waals surface area contributed by atoms with Crippen molar-refractivity contribution in [1.29, 1.82) is 0 Å². The van der Waals surface area contributed by atoms with E-state index >= 15 is 0 Å². The highest BCUT2D eigenvalue weighted by Crippen LogP contribution is 2.27. The summed E-state index contributed by atoms with van der Waals surface area (Å²) in [6, 6.07) is 5.24. The number of aryl methyl sites for hydroxylation is 1. The van der Waals surface area contributed by atoms with Crippen molar-refractivity contribution in [2.24, 2.45) is 7.05 Å². The third kappa shape index (κ3) is 3.95.